The average Bonchev–Trinajstić information content (AvgIpc) is 3.01. The summed E-state index contributed by atoms with van der Waals surface area (Å²) >= 11 is 0.536. The van der Waals surface area contributed by atoms with E-state index in [4.69, 9.17) is 4.74 Å². The predicted molar refractivity (Wildman–Crippen MR) is 111 cm³/mol. The van der Waals surface area contributed by atoms with Crippen molar-refractivity contribution in [3.63, 3.8) is 0 Å². The number of benzene rings is 2. The summed E-state index contributed by atoms with van der Waals surface area (Å²) in [6.07, 6.45) is 1.20. The van der Waals surface area contributed by atoms with E-state index in [9.17, 15) is 39.7 Å². The minimum atomic E-state index is -0.830. The molecule has 2 aromatic carbocycles. The fourth-order valence-corrected chi connectivity index (χ4v) is 3.62. The lowest BCUT2D eigenvalue weighted by molar-refractivity contribution is -0.386. The molecule has 0 unspecified atom stereocenters. The van der Waals surface area contributed by atoms with Gasteiger partial charge in [0.1, 0.15) is 0 Å². The van der Waals surface area contributed by atoms with Crippen molar-refractivity contribution in [2.75, 3.05) is 13.7 Å². The van der Waals surface area contributed by atoms with E-state index in [0.29, 0.717) is 16.7 Å². The lowest BCUT2D eigenvalue weighted by Crippen LogP contribution is -2.33. The molecule has 2 aromatic rings. The fraction of sp³-hybridized carbons (Fsp3) is 0.105. The van der Waals surface area contributed by atoms with Crippen molar-refractivity contribution in [2.45, 2.75) is 0 Å². The van der Waals surface area contributed by atoms with Gasteiger partial charge in [0.15, 0.2) is 11.5 Å². The van der Waals surface area contributed by atoms with Crippen LogP contribution in [0.25, 0.3) is 6.08 Å². The number of hydrogen-bond acceptors (Lipinski definition) is 10. The Morgan fingerprint density at radius 3 is 2.38 bits per heavy atom. The first-order valence-corrected chi connectivity index (χ1v) is 9.52. The average molecular weight is 459 g/mol. The highest BCUT2D eigenvalue weighted by Crippen LogP contribution is 2.39. The van der Waals surface area contributed by atoms with E-state index in [1.54, 1.807) is 0 Å². The van der Waals surface area contributed by atoms with Crippen molar-refractivity contribution < 1.29 is 34.1 Å². The van der Waals surface area contributed by atoms with Gasteiger partial charge in [0.05, 0.1) is 28.4 Å². The molecular formula is C19H13N3O9S. The molecule has 3 rings (SSSR count). The SMILES string of the molecule is COc1cc(/C=C2/SC(=O)N(CC(=O)c3ccc([N+](=O)[O-])cc3)C2=O)cc([N+](=O)[O-])c1O. The second-order valence-electron chi connectivity index (χ2n) is 6.34. The maximum atomic E-state index is 12.6. The second kappa shape index (κ2) is 8.85. The Kier molecular flexibility index (Phi) is 6.20. The number of methoxy groups -OCH3 is 1. The van der Waals surface area contributed by atoms with Crippen LogP contribution >= 0.6 is 11.8 Å². The Balaban J connectivity index is 1.83. The maximum absolute atomic E-state index is 12.6. The molecule has 32 heavy (non-hydrogen) atoms. The standard InChI is InChI=1S/C19H13N3O9S/c1-31-15-7-10(6-13(17(15)24)22(29)30)8-16-18(25)20(19(26)32-16)9-14(23)11-2-4-12(5-3-11)21(27)28/h2-8,24H,9H2,1H3/b16-8+. The number of Topliss-reactive ketones (excluding diaryl/α,β-unsaturated/α-hetero) is 1. The Morgan fingerprint density at radius 1 is 1.16 bits per heavy atom. The zero-order chi connectivity index (χ0) is 23.6. The van der Waals surface area contributed by atoms with Crippen molar-refractivity contribution in [1.29, 1.82) is 0 Å². The quantitative estimate of drug-likeness (QED) is 0.281. The number of phenolic OH excluding ortho intramolecular Hbond substituents is 1. The van der Waals surface area contributed by atoms with Crippen molar-refractivity contribution >= 4 is 46.1 Å². The van der Waals surface area contributed by atoms with Crippen molar-refractivity contribution in [2.24, 2.45) is 0 Å². The third-order valence-corrected chi connectivity index (χ3v) is 5.27. The smallest absolute Gasteiger partial charge is 0.315 e. The maximum Gasteiger partial charge on any atom is 0.315 e. The van der Waals surface area contributed by atoms with Crippen LogP contribution in [0.2, 0.25) is 0 Å². The fourth-order valence-electron chi connectivity index (χ4n) is 2.78. The first kappa shape index (κ1) is 22.4. The number of amides is 2. The first-order chi connectivity index (χ1) is 15.1. The number of nitro groups is 2. The van der Waals surface area contributed by atoms with Gasteiger partial charge in [0.2, 0.25) is 5.75 Å². The minimum Gasteiger partial charge on any atom is -0.500 e. The van der Waals surface area contributed by atoms with Crippen LogP contribution in [0, 0.1) is 20.2 Å². The molecule has 1 saturated heterocycles. The van der Waals surface area contributed by atoms with Crippen LogP contribution in [0.3, 0.4) is 0 Å². The second-order valence-corrected chi connectivity index (χ2v) is 7.34. The number of nitrogens with zero attached hydrogens (tertiary/aromatic N) is 3. The van der Waals surface area contributed by atoms with Gasteiger partial charge in [0.25, 0.3) is 16.8 Å². The monoisotopic (exact) mass is 459 g/mol. The topological polar surface area (TPSA) is 170 Å². The molecule has 164 valence electrons. The number of non-ortho nitro benzene ring substituents is 1. The van der Waals surface area contributed by atoms with Gasteiger partial charge in [0, 0.05) is 23.8 Å². The molecule has 0 aromatic heterocycles. The zero-order valence-electron chi connectivity index (χ0n) is 16.2. The summed E-state index contributed by atoms with van der Waals surface area (Å²) in [5.74, 6) is -2.27. The van der Waals surface area contributed by atoms with Crippen LogP contribution in [0.1, 0.15) is 15.9 Å². The number of rotatable bonds is 7. The van der Waals surface area contributed by atoms with Crippen molar-refractivity contribution in [1.82, 2.24) is 4.90 Å². The first-order valence-electron chi connectivity index (χ1n) is 8.70. The molecule has 2 amide bonds. The number of carbonyl (C=O) groups excluding carboxylic acids is 3. The Hall–Kier alpha value is -4.26. The third-order valence-electron chi connectivity index (χ3n) is 4.37. The van der Waals surface area contributed by atoms with E-state index < -0.39 is 44.8 Å². The lowest BCUT2D eigenvalue weighted by Gasteiger charge is -2.11. The van der Waals surface area contributed by atoms with Crippen molar-refractivity contribution in [3.05, 3.63) is 72.7 Å². The van der Waals surface area contributed by atoms with E-state index in [1.165, 1.54) is 31.4 Å². The van der Waals surface area contributed by atoms with Crippen LogP contribution in [0.15, 0.2) is 41.3 Å². The number of carbonyl (C=O) groups is 3. The molecule has 0 spiro atoms. The molecule has 0 radical (unpaired) electrons. The highest BCUT2D eigenvalue weighted by Gasteiger charge is 2.36. The molecule has 0 bridgehead atoms. The Morgan fingerprint density at radius 2 is 1.81 bits per heavy atom. The summed E-state index contributed by atoms with van der Waals surface area (Å²) in [5, 5.41) is 30.9. The van der Waals surface area contributed by atoms with Gasteiger partial charge in [-0.15, -0.1) is 0 Å². The van der Waals surface area contributed by atoms with E-state index >= 15 is 0 Å². The van der Waals surface area contributed by atoms with Gasteiger partial charge in [-0.05, 0) is 41.6 Å². The molecule has 1 fully saturated rings. The van der Waals surface area contributed by atoms with E-state index in [1.807, 2.05) is 0 Å². The molecule has 13 heteroatoms. The van der Waals surface area contributed by atoms with Gasteiger partial charge < -0.3 is 9.84 Å². The number of imide groups is 1. The largest absolute Gasteiger partial charge is 0.500 e. The van der Waals surface area contributed by atoms with Crippen LogP contribution < -0.4 is 4.74 Å². The molecule has 0 saturated carbocycles. The summed E-state index contributed by atoms with van der Waals surface area (Å²) in [6.45, 7) is -0.584. The molecule has 0 aliphatic carbocycles. The van der Waals surface area contributed by atoms with Crippen LogP contribution in [0.4, 0.5) is 16.2 Å². The van der Waals surface area contributed by atoms with Gasteiger partial charge >= 0.3 is 5.69 Å². The van der Waals surface area contributed by atoms with E-state index in [2.05, 4.69) is 0 Å². The van der Waals surface area contributed by atoms with E-state index in [-0.39, 0.29) is 27.5 Å². The number of aromatic hydroxyl groups is 1. The Bertz CT molecular complexity index is 1190. The van der Waals surface area contributed by atoms with E-state index in [0.717, 1.165) is 18.2 Å². The summed E-state index contributed by atoms with van der Waals surface area (Å²) < 4.78 is 4.90. The zero-order valence-corrected chi connectivity index (χ0v) is 17.0. The van der Waals surface area contributed by atoms with Crippen molar-refractivity contribution in [3.8, 4) is 11.5 Å². The molecule has 0 atom stereocenters. The molecule has 1 N–H and O–H groups in total. The summed E-state index contributed by atoms with van der Waals surface area (Å²) in [4.78, 5) is 58.3. The number of hydrogen-bond donors (Lipinski definition) is 1. The predicted octanol–water partition coefficient (Wildman–Crippen LogP) is 3.14. The molecule has 1 heterocycles. The normalized spacial score (nSPS) is 14.7. The molecule has 1 aliphatic rings. The number of phenols is 1. The highest BCUT2D eigenvalue weighted by atomic mass is 32.2. The Labute approximate surface area is 183 Å². The van der Waals surface area contributed by atoms with Crippen LogP contribution in [-0.2, 0) is 4.79 Å². The number of nitro benzene ring substituents is 2. The molecule has 12 nitrogen and oxygen atoms in total. The van der Waals surface area contributed by atoms with Gasteiger partial charge in [-0.25, -0.2) is 0 Å². The molecule has 1 aliphatic heterocycles. The minimum absolute atomic E-state index is 0.0810. The highest BCUT2D eigenvalue weighted by molar-refractivity contribution is 8.18. The van der Waals surface area contributed by atoms with Crippen LogP contribution in [0.5, 0.6) is 11.5 Å². The summed E-state index contributed by atoms with van der Waals surface area (Å²) in [6, 6.07) is 6.96. The van der Waals surface area contributed by atoms with Gasteiger partial charge in [-0.3, -0.25) is 39.5 Å². The number of ketones is 1. The number of ether oxygens (including phenoxy) is 1. The van der Waals surface area contributed by atoms with Gasteiger partial charge in [-0.2, -0.15) is 0 Å². The summed E-state index contributed by atoms with van der Waals surface area (Å²) in [7, 11) is 1.19. The lowest BCUT2D eigenvalue weighted by atomic mass is 10.1. The third kappa shape index (κ3) is 4.41. The summed E-state index contributed by atoms with van der Waals surface area (Å²) in [5.41, 5.74) is -0.659. The molecular weight excluding hydrogens is 446 g/mol. The van der Waals surface area contributed by atoms with Crippen LogP contribution in [-0.4, -0.2) is 50.4 Å². The number of thioether (sulfide) groups is 1. The van der Waals surface area contributed by atoms with Gasteiger partial charge in [-0.1, -0.05) is 0 Å².